The number of nitrogens with one attached hydrogen (secondary N) is 1. The molecule has 4 nitrogen and oxygen atoms in total. The largest absolute Gasteiger partial charge is 0.507 e. The van der Waals surface area contributed by atoms with Gasteiger partial charge in [0.25, 0.3) is 5.91 Å². The summed E-state index contributed by atoms with van der Waals surface area (Å²) in [5, 5.41) is 12.9. The third-order valence-electron chi connectivity index (χ3n) is 4.33. The van der Waals surface area contributed by atoms with E-state index in [0.29, 0.717) is 12.3 Å². The van der Waals surface area contributed by atoms with Crippen LogP contribution in [0.5, 0.6) is 0 Å². The molecule has 1 aliphatic heterocycles. The van der Waals surface area contributed by atoms with Crippen LogP contribution in [-0.4, -0.2) is 22.8 Å². The molecule has 2 N–H and O–H groups in total. The summed E-state index contributed by atoms with van der Waals surface area (Å²) in [5.41, 5.74) is 1.78. The van der Waals surface area contributed by atoms with Crippen molar-refractivity contribution < 1.29 is 14.7 Å². The van der Waals surface area contributed by atoms with Crippen LogP contribution in [0.1, 0.15) is 32.8 Å². The maximum absolute atomic E-state index is 12.5. The molecule has 1 amide bonds. The topological polar surface area (TPSA) is 66.4 Å². The van der Waals surface area contributed by atoms with Crippen molar-refractivity contribution in [3.05, 3.63) is 71.0 Å². The first-order valence-electron chi connectivity index (χ1n) is 8.61. The van der Waals surface area contributed by atoms with Crippen molar-refractivity contribution in [1.29, 1.82) is 0 Å². The molecule has 1 aromatic carbocycles. The van der Waals surface area contributed by atoms with Crippen LogP contribution in [0, 0.1) is 5.92 Å². The maximum atomic E-state index is 12.5. The number of carbonyl (C=O) groups excluding carboxylic acids is 2. The molecule has 1 aliphatic rings. The Labute approximate surface area is 148 Å². The number of benzene rings is 1. The molecule has 0 aliphatic carbocycles. The molecule has 1 heterocycles. The van der Waals surface area contributed by atoms with E-state index in [2.05, 4.69) is 25.2 Å². The summed E-state index contributed by atoms with van der Waals surface area (Å²) in [5.74, 6) is -0.725. The second-order valence-corrected chi connectivity index (χ2v) is 6.47. The summed E-state index contributed by atoms with van der Waals surface area (Å²) >= 11 is 0. The fourth-order valence-corrected chi connectivity index (χ4v) is 2.73. The van der Waals surface area contributed by atoms with Gasteiger partial charge < -0.3 is 10.4 Å². The Kier molecular flexibility index (Phi) is 6.34. The van der Waals surface area contributed by atoms with Gasteiger partial charge in [-0.25, -0.2) is 0 Å². The number of amides is 1. The summed E-state index contributed by atoms with van der Waals surface area (Å²) in [4.78, 5) is 24.6. The predicted octanol–water partition coefficient (Wildman–Crippen LogP) is 3.66. The minimum Gasteiger partial charge on any atom is -0.507 e. The predicted molar refractivity (Wildman–Crippen MR) is 99.1 cm³/mol. The van der Waals surface area contributed by atoms with Crippen molar-refractivity contribution in [3.8, 4) is 0 Å². The molecule has 1 unspecified atom stereocenters. The van der Waals surface area contributed by atoms with Crippen LogP contribution in [0.25, 0.3) is 0 Å². The Morgan fingerprint density at radius 1 is 1.24 bits per heavy atom. The van der Waals surface area contributed by atoms with E-state index in [4.69, 9.17) is 0 Å². The first kappa shape index (κ1) is 18.7. The van der Waals surface area contributed by atoms with Gasteiger partial charge in [0.15, 0.2) is 5.78 Å². The molecular formula is C21H25NO3. The van der Waals surface area contributed by atoms with Crippen LogP contribution in [0.2, 0.25) is 0 Å². The van der Waals surface area contributed by atoms with Crippen molar-refractivity contribution >= 4 is 11.7 Å². The SMILES string of the molecule is CCC(C)/C=C(C)/C=C/C(O)=C1\C(=O)N[C@@H](Cc2ccccc2)[13C]1=O. The van der Waals surface area contributed by atoms with Crippen LogP contribution in [0.15, 0.2) is 65.5 Å². The van der Waals surface area contributed by atoms with Gasteiger partial charge in [0.1, 0.15) is 11.3 Å². The van der Waals surface area contributed by atoms with Crippen LogP contribution in [0.3, 0.4) is 0 Å². The van der Waals surface area contributed by atoms with E-state index in [0.717, 1.165) is 17.6 Å². The normalized spacial score (nSPS) is 21.6. The number of aliphatic hydroxyl groups is 1. The minimum absolute atomic E-state index is 0.159. The highest BCUT2D eigenvalue weighted by Gasteiger charge is 2.37. The third-order valence-corrected chi connectivity index (χ3v) is 4.33. The molecule has 1 saturated heterocycles. The van der Waals surface area contributed by atoms with Crippen molar-refractivity contribution in [2.75, 3.05) is 0 Å². The fourth-order valence-electron chi connectivity index (χ4n) is 2.73. The Morgan fingerprint density at radius 3 is 2.56 bits per heavy atom. The fraction of sp³-hybridized carbons (Fsp3) is 0.333. The van der Waals surface area contributed by atoms with Gasteiger partial charge in [-0.15, -0.1) is 0 Å². The maximum Gasteiger partial charge on any atom is 0.259 e. The van der Waals surface area contributed by atoms with E-state index in [-0.39, 0.29) is 17.1 Å². The molecule has 2 rings (SSSR count). The number of allylic oxidation sites excluding steroid dienone is 4. The zero-order valence-corrected chi connectivity index (χ0v) is 15.0. The van der Waals surface area contributed by atoms with Gasteiger partial charge in [0, 0.05) is 6.42 Å². The molecule has 25 heavy (non-hydrogen) atoms. The number of aliphatic hydroxyl groups excluding tert-OH is 1. The van der Waals surface area contributed by atoms with Gasteiger partial charge in [-0.3, -0.25) is 9.59 Å². The zero-order valence-electron chi connectivity index (χ0n) is 15.0. The molecule has 4 heteroatoms. The quantitative estimate of drug-likeness (QED) is 0.273. The van der Waals surface area contributed by atoms with Gasteiger partial charge >= 0.3 is 0 Å². The summed E-state index contributed by atoms with van der Waals surface area (Å²) < 4.78 is 0. The van der Waals surface area contributed by atoms with Crippen molar-refractivity contribution in [3.63, 3.8) is 0 Å². The van der Waals surface area contributed by atoms with E-state index >= 15 is 0 Å². The lowest BCUT2D eigenvalue weighted by atomic mass is 10.1. The first-order chi connectivity index (χ1) is 11.9. The number of Topliss-reactive ketones (excluding diaryl/α,β-unsaturated/α-hetero) is 1. The van der Waals surface area contributed by atoms with Gasteiger partial charge in [-0.05, 0) is 24.5 Å². The van der Waals surface area contributed by atoms with E-state index in [1.807, 2.05) is 37.3 Å². The molecule has 0 saturated carbocycles. The summed E-state index contributed by atoms with van der Waals surface area (Å²) in [7, 11) is 0. The number of ketones is 1. The average molecular weight is 340 g/mol. The van der Waals surface area contributed by atoms with Crippen LogP contribution < -0.4 is 5.32 Å². The Hall–Kier alpha value is -2.62. The Bertz CT molecular complexity index is 729. The standard InChI is InChI=1S/C21H25NO3/c1-4-14(2)12-15(3)10-11-18(23)19-20(24)17(22-21(19)25)13-16-8-6-5-7-9-16/h5-12,14,17,23H,4,13H2,1-3H3,(H,22,25)/b11-10+,15-12+,19-18+/t14?,17-/m0/s1/i20+1. The van der Waals surface area contributed by atoms with Gasteiger partial charge in [0.05, 0.1) is 6.04 Å². The molecule has 132 valence electrons. The second-order valence-electron chi connectivity index (χ2n) is 6.47. The Morgan fingerprint density at radius 2 is 1.92 bits per heavy atom. The molecular weight excluding hydrogens is 315 g/mol. The zero-order chi connectivity index (χ0) is 18.4. The van der Waals surface area contributed by atoms with E-state index in [1.165, 1.54) is 6.08 Å². The van der Waals surface area contributed by atoms with Gasteiger partial charge in [0.2, 0.25) is 0 Å². The lowest BCUT2D eigenvalue weighted by Crippen LogP contribution is -2.31. The van der Waals surface area contributed by atoms with Crippen LogP contribution >= 0.6 is 0 Å². The number of hydrogen-bond acceptors (Lipinski definition) is 3. The lowest BCUT2D eigenvalue weighted by Gasteiger charge is -2.07. The van der Waals surface area contributed by atoms with Crippen molar-refractivity contribution in [2.45, 2.75) is 39.7 Å². The van der Waals surface area contributed by atoms with Crippen LogP contribution in [0.4, 0.5) is 0 Å². The molecule has 0 radical (unpaired) electrons. The average Bonchev–Trinajstić information content (AvgIpc) is 2.87. The highest BCUT2D eigenvalue weighted by atomic mass is 16.3. The molecule has 0 aromatic heterocycles. The highest BCUT2D eigenvalue weighted by molar-refractivity contribution is 6.27. The monoisotopic (exact) mass is 340 g/mol. The number of hydrogen-bond donors (Lipinski definition) is 2. The smallest absolute Gasteiger partial charge is 0.259 e. The molecule has 0 bridgehead atoms. The van der Waals surface area contributed by atoms with Gasteiger partial charge in [-0.1, -0.05) is 68.3 Å². The van der Waals surface area contributed by atoms with Crippen molar-refractivity contribution in [2.24, 2.45) is 5.92 Å². The molecule has 0 spiro atoms. The number of carbonyl (C=O) groups is 2. The van der Waals surface area contributed by atoms with Gasteiger partial charge in [-0.2, -0.15) is 0 Å². The summed E-state index contributed by atoms with van der Waals surface area (Å²) in [6, 6.07) is 8.86. The minimum atomic E-state index is -0.628. The molecule has 2 atom stereocenters. The summed E-state index contributed by atoms with van der Waals surface area (Å²) in [6.07, 6.45) is 6.67. The second kappa shape index (κ2) is 8.47. The lowest BCUT2D eigenvalue weighted by molar-refractivity contribution is -0.117. The Balaban J connectivity index is 2.14. The molecule has 1 aromatic rings. The third kappa shape index (κ3) is 4.92. The van der Waals surface area contributed by atoms with Crippen molar-refractivity contribution in [1.82, 2.24) is 5.32 Å². The summed E-state index contributed by atoms with van der Waals surface area (Å²) in [6.45, 7) is 6.14. The first-order valence-corrected chi connectivity index (χ1v) is 8.61. The van der Waals surface area contributed by atoms with E-state index in [9.17, 15) is 14.7 Å². The van der Waals surface area contributed by atoms with Crippen LogP contribution in [-0.2, 0) is 16.0 Å². The van der Waals surface area contributed by atoms with E-state index < -0.39 is 11.9 Å². The molecule has 1 fully saturated rings. The highest BCUT2D eigenvalue weighted by Crippen LogP contribution is 2.18. The van der Waals surface area contributed by atoms with E-state index in [1.54, 1.807) is 6.08 Å². The number of rotatable bonds is 6.